The third-order valence-corrected chi connectivity index (χ3v) is 5.30. The lowest BCUT2D eigenvalue weighted by Gasteiger charge is -2.11. The molecule has 1 aliphatic rings. The highest BCUT2D eigenvalue weighted by atomic mass is 32.1. The first-order valence-electron chi connectivity index (χ1n) is 8.63. The van der Waals surface area contributed by atoms with Gasteiger partial charge >= 0.3 is 0 Å². The van der Waals surface area contributed by atoms with Crippen molar-refractivity contribution < 1.29 is 9.53 Å². The Balaban J connectivity index is 1.30. The van der Waals surface area contributed by atoms with E-state index in [0.29, 0.717) is 13.0 Å². The highest BCUT2D eigenvalue weighted by Crippen LogP contribution is 2.32. The predicted molar refractivity (Wildman–Crippen MR) is 101 cm³/mol. The van der Waals surface area contributed by atoms with E-state index in [1.54, 1.807) is 29.9 Å². The number of fused-ring (bicyclic) bond motifs is 1. The molecule has 0 spiro atoms. The van der Waals surface area contributed by atoms with Crippen molar-refractivity contribution in [2.45, 2.75) is 25.4 Å². The van der Waals surface area contributed by atoms with Gasteiger partial charge in [0.05, 0.1) is 18.4 Å². The summed E-state index contributed by atoms with van der Waals surface area (Å²) in [6.45, 7) is 0.526. The van der Waals surface area contributed by atoms with Gasteiger partial charge in [0, 0.05) is 35.7 Å². The van der Waals surface area contributed by atoms with Gasteiger partial charge in [0.15, 0.2) is 0 Å². The molecule has 1 aromatic carbocycles. The standard InChI is InChI=1S/C20H19N3O2S/c24-20(6-4-17-2-1-9-26-17)23-12-16-11-15-10-14(3-5-19(15)25-16)18-13-21-7-8-22-18/h1-3,5,7-10,13,16H,4,6,11-12H2,(H,23,24). The first kappa shape index (κ1) is 16.7. The largest absolute Gasteiger partial charge is 0.488 e. The van der Waals surface area contributed by atoms with Gasteiger partial charge in [-0.3, -0.25) is 14.8 Å². The van der Waals surface area contributed by atoms with Gasteiger partial charge in [-0.2, -0.15) is 0 Å². The minimum absolute atomic E-state index is 0.0206. The highest BCUT2D eigenvalue weighted by Gasteiger charge is 2.23. The number of benzene rings is 1. The van der Waals surface area contributed by atoms with Crippen LogP contribution < -0.4 is 10.1 Å². The highest BCUT2D eigenvalue weighted by molar-refractivity contribution is 7.09. The first-order chi connectivity index (χ1) is 12.8. The molecule has 1 atom stereocenters. The average Bonchev–Trinajstić information content (AvgIpc) is 3.34. The number of rotatable bonds is 6. The van der Waals surface area contributed by atoms with E-state index in [4.69, 9.17) is 4.74 Å². The Bertz CT molecular complexity index is 881. The summed E-state index contributed by atoms with van der Waals surface area (Å²) < 4.78 is 5.95. The molecule has 4 rings (SSSR count). The van der Waals surface area contributed by atoms with Crippen LogP contribution in [0.25, 0.3) is 11.3 Å². The Kier molecular flexibility index (Phi) is 4.93. The summed E-state index contributed by atoms with van der Waals surface area (Å²) in [6, 6.07) is 10.1. The zero-order valence-corrected chi connectivity index (χ0v) is 15.0. The number of amides is 1. The van der Waals surface area contributed by atoms with Crippen molar-refractivity contribution in [2.75, 3.05) is 6.54 Å². The molecule has 26 heavy (non-hydrogen) atoms. The van der Waals surface area contributed by atoms with Gasteiger partial charge in [-0.25, -0.2) is 0 Å². The van der Waals surface area contributed by atoms with Crippen LogP contribution in [0.3, 0.4) is 0 Å². The average molecular weight is 365 g/mol. The smallest absolute Gasteiger partial charge is 0.220 e. The maximum Gasteiger partial charge on any atom is 0.220 e. The molecule has 5 nitrogen and oxygen atoms in total. The maximum absolute atomic E-state index is 12.0. The fraction of sp³-hybridized carbons (Fsp3) is 0.250. The third-order valence-electron chi connectivity index (χ3n) is 4.37. The number of hydrogen-bond acceptors (Lipinski definition) is 5. The molecule has 6 heteroatoms. The summed E-state index contributed by atoms with van der Waals surface area (Å²) in [5.41, 5.74) is 3.02. The number of carbonyl (C=O) groups excluding carboxylic acids is 1. The number of nitrogens with one attached hydrogen (secondary N) is 1. The topological polar surface area (TPSA) is 64.1 Å². The van der Waals surface area contributed by atoms with Gasteiger partial charge in [-0.1, -0.05) is 6.07 Å². The number of ether oxygens (including phenoxy) is 1. The molecule has 3 aromatic rings. The van der Waals surface area contributed by atoms with Crippen LogP contribution in [0.2, 0.25) is 0 Å². The van der Waals surface area contributed by atoms with E-state index >= 15 is 0 Å². The molecule has 132 valence electrons. The van der Waals surface area contributed by atoms with Crippen molar-refractivity contribution >= 4 is 17.2 Å². The minimum atomic E-state index is -0.0206. The number of nitrogens with zero attached hydrogens (tertiary/aromatic N) is 2. The van der Waals surface area contributed by atoms with E-state index in [0.717, 1.165) is 35.4 Å². The monoisotopic (exact) mass is 365 g/mol. The minimum Gasteiger partial charge on any atom is -0.488 e. The number of thiophene rings is 1. The summed E-state index contributed by atoms with van der Waals surface area (Å²) in [4.78, 5) is 21.7. The molecule has 0 saturated heterocycles. The molecule has 0 radical (unpaired) electrons. The molecular formula is C20H19N3O2S. The van der Waals surface area contributed by atoms with Crippen molar-refractivity contribution in [1.82, 2.24) is 15.3 Å². The molecule has 1 aliphatic heterocycles. The summed E-state index contributed by atoms with van der Waals surface area (Å²) >= 11 is 1.69. The number of carbonyl (C=O) groups is 1. The molecular weight excluding hydrogens is 346 g/mol. The Labute approximate surface area is 156 Å². The molecule has 0 aliphatic carbocycles. The van der Waals surface area contributed by atoms with Crippen LogP contribution in [0.1, 0.15) is 16.9 Å². The lowest BCUT2D eigenvalue weighted by molar-refractivity contribution is -0.121. The summed E-state index contributed by atoms with van der Waals surface area (Å²) in [5.74, 6) is 0.952. The van der Waals surface area contributed by atoms with Crippen LogP contribution in [-0.4, -0.2) is 28.5 Å². The second kappa shape index (κ2) is 7.66. The van der Waals surface area contributed by atoms with E-state index in [-0.39, 0.29) is 12.0 Å². The van der Waals surface area contributed by atoms with Crippen LogP contribution in [0, 0.1) is 0 Å². The molecule has 1 unspecified atom stereocenters. The normalized spacial score (nSPS) is 15.3. The SMILES string of the molecule is O=C(CCc1cccs1)NCC1Cc2cc(-c3cnccn3)ccc2O1. The van der Waals surface area contributed by atoms with Crippen molar-refractivity contribution in [1.29, 1.82) is 0 Å². The third kappa shape index (κ3) is 3.91. The zero-order valence-electron chi connectivity index (χ0n) is 14.2. The summed E-state index contributed by atoms with van der Waals surface area (Å²) in [6.07, 6.45) is 7.17. The molecule has 0 saturated carbocycles. The maximum atomic E-state index is 12.0. The quantitative estimate of drug-likeness (QED) is 0.728. The van der Waals surface area contributed by atoms with Gasteiger partial charge < -0.3 is 10.1 Å². The van der Waals surface area contributed by atoms with Gasteiger partial charge in [-0.05, 0) is 41.6 Å². The number of aromatic nitrogens is 2. The van der Waals surface area contributed by atoms with Gasteiger partial charge in [-0.15, -0.1) is 11.3 Å². The second-order valence-corrected chi connectivity index (χ2v) is 7.27. The fourth-order valence-corrected chi connectivity index (χ4v) is 3.76. The lowest BCUT2D eigenvalue weighted by atomic mass is 10.0. The number of hydrogen-bond donors (Lipinski definition) is 1. The van der Waals surface area contributed by atoms with Crippen molar-refractivity contribution in [3.05, 3.63) is 64.7 Å². The summed E-state index contributed by atoms with van der Waals surface area (Å²) in [5, 5.41) is 5.02. The summed E-state index contributed by atoms with van der Waals surface area (Å²) in [7, 11) is 0. The van der Waals surface area contributed by atoms with E-state index in [2.05, 4.69) is 27.4 Å². The Hall–Kier alpha value is -2.73. The van der Waals surface area contributed by atoms with Crippen LogP contribution in [0.4, 0.5) is 0 Å². The Morgan fingerprint density at radius 1 is 1.31 bits per heavy atom. The molecule has 0 fully saturated rings. The van der Waals surface area contributed by atoms with Crippen LogP contribution in [0.15, 0.2) is 54.3 Å². The Morgan fingerprint density at radius 3 is 3.08 bits per heavy atom. The van der Waals surface area contributed by atoms with Crippen molar-refractivity contribution in [3.8, 4) is 17.0 Å². The first-order valence-corrected chi connectivity index (χ1v) is 9.51. The zero-order chi connectivity index (χ0) is 17.8. The number of aryl methyl sites for hydroxylation is 1. The van der Waals surface area contributed by atoms with Gasteiger partial charge in [0.1, 0.15) is 11.9 Å². The van der Waals surface area contributed by atoms with Crippen molar-refractivity contribution in [3.63, 3.8) is 0 Å². The fourth-order valence-electron chi connectivity index (χ4n) is 3.05. The Morgan fingerprint density at radius 2 is 2.27 bits per heavy atom. The lowest BCUT2D eigenvalue weighted by Crippen LogP contribution is -2.34. The van der Waals surface area contributed by atoms with Crippen molar-refractivity contribution in [2.24, 2.45) is 0 Å². The van der Waals surface area contributed by atoms with E-state index in [1.807, 2.05) is 23.6 Å². The molecule has 3 heterocycles. The van der Waals surface area contributed by atoms with Crippen LogP contribution in [-0.2, 0) is 17.6 Å². The van der Waals surface area contributed by atoms with Gasteiger partial charge in [0.25, 0.3) is 0 Å². The molecule has 1 amide bonds. The molecule has 0 bridgehead atoms. The van der Waals surface area contributed by atoms with E-state index < -0.39 is 0 Å². The van der Waals surface area contributed by atoms with E-state index in [1.165, 1.54) is 4.88 Å². The van der Waals surface area contributed by atoms with Crippen LogP contribution >= 0.6 is 11.3 Å². The predicted octanol–water partition coefficient (Wildman–Crippen LogP) is 3.26. The molecule has 1 N–H and O–H groups in total. The van der Waals surface area contributed by atoms with E-state index in [9.17, 15) is 4.79 Å². The molecule has 2 aromatic heterocycles. The van der Waals surface area contributed by atoms with Crippen LogP contribution in [0.5, 0.6) is 5.75 Å². The van der Waals surface area contributed by atoms with Gasteiger partial charge in [0.2, 0.25) is 5.91 Å². The second-order valence-electron chi connectivity index (χ2n) is 6.24.